The average molecular weight is 364 g/mol. The molecule has 0 amide bonds. The Kier molecular flexibility index (Phi) is 5.86. The molecule has 1 aliphatic heterocycles. The van der Waals surface area contributed by atoms with Gasteiger partial charge in [-0.15, -0.1) is 11.3 Å². The molecule has 25 heavy (non-hydrogen) atoms. The first-order valence-corrected chi connectivity index (χ1v) is 9.24. The van der Waals surface area contributed by atoms with Crippen molar-refractivity contribution in [2.75, 3.05) is 44.7 Å². The molecule has 4 nitrogen and oxygen atoms in total. The van der Waals surface area contributed by atoms with E-state index in [2.05, 4.69) is 37.6 Å². The zero-order chi connectivity index (χ0) is 17.6. The molecule has 2 aromatic rings. The molecule has 1 aromatic carbocycles. The van der Waals surface area contributed by atoms with Gasteiger partial charge in [-0.2, -0.15) is 0 Å². The van der Waals surface area contributed by atoms with E-state index in [9.17, 15) is 8.78 Å². The second-order valence-electron chi connectivity index (χ2n) is 5.86. The molecule has 7 heteroatoms. The molecule has 0 radical (unpaired) electrons. The fourth-order valence-electron chi connectivity index (χ4n) is 2.97. The number of piperazine rings is 1. The summed E-state index contributed by atoms with van der Waals surface area (Å²) in [5.74, 6) is -0.752. The summed E-state index contributed by atoms with van der Waals surface area (Å²) < 4.78 is 26.9. The summed E-state index contributed by atoms with van der Waals surface area (Å²) in [4.78, 5) is 8.89. The number of nitrogens with one attached hydrogen (secondary N) is 1. The molecule has 1 N–H and O–H groups in total. The summed E-state index contributed by atoms with van der Waals surface area (Å²) in [5, 5.41) is 6.64. The van der Waals surface area contributed by atoms with Crippen molar-refractivity contribution in [2.45, 2.75) is 6.42 Å². The van der Waals surface area contributed by atoms with E-state index in [4.69, 9.17) is 0 Å². The van der Waals surface area contributed by atoms with Crippen LogP contribution in [0.2, 0.25) is 0 Å². The van der Waals surface area contributed by atoms with Crippen molar-refractivity contribution >= 4 is 22.3 Å². The Hall–Kier alpha value is -2.15. The van der Waals surface area contributed by atoms with E-state index in [-0.39, 0.29) is 0 Å². The largest absolute Gasteiger partial charge is 0.360 e. The second kappa shape index (κ2) is 8.29. The van der Waals surface area contributed by atoms with E-state index >= 15 is 0 Å². The van der Waals surface area contributed by atoms with E-state index in [0.717, 1.165) is 38.2 Å². The third-order valence-corrected chi connectivity index (χ3v) is 5.25. The molecule has 3 rings (SSSR count). The van der Waals surface area contributed by atoms with Crippen LogP contribution in [0.1, 0.15) is 5.56 Å². The first-order valence-electron chi connectivity index (χ1n) is 8.36. The molecule has 0 saturated carbocycles. The minimum absolute atomic E-state index is 0.380. The maximum atomic E-state index is 13.7. The van der Waals surface area contributed by atoms with Gasteiger partial charge in [0.25, 0.3) is 0 Å². The Labute approximate surface area is 150 Å². The Bertz CT molecular complexity index is 710. The van der Waals surface area contributed by atoms with Crippen LogP contribution in [0, 0.1) is 11.6 Å². The normalized spacial score (nSPS) is 15.6. The summed E-state index contributed by atoms with van der Waals surface area (Å²) >= 11 is 1.75. The lowest BCUT2D eigenvalue weighted by Gasteiger charge is -2.37. The zero-order valence-electron chi connectivity index (χ0n) is 14.2. The molecular weight excluding hydrogens is 342 g/mol. The van der Waals surface area contributed by atoms with Crippen LogP contribution in [0.15, 0.2) is 40.7 Å². The third-order valence-electron chi connectivity index (χ3n) is 4.32. The van der Waals surface area contributed by atoms with Crippen molar-refractivity contribution in [3.8, 4) is 0 Å². The highest BCUT2D eigenvalue weighted by molar-refractivity contribution is 7.14. The van der Waals surface area contributed by atoms with Gasteiger partial charge in [0.15, 0.2) is 17.6 Å². The van der Waals surface area contributed by atoms with Gasteiger partial charge in [-0.3, -0.25) is 4.99 Å². The standard InChI is InChI=1S/C18H22F2N4S/c1-21-18(22-8-7-14-4-2-5-15(19)17(14)20)24-11-9-23(10-12-24)16-6-3-13-25-16/h2-6,13H,7-12H2,1H3,(H,21,22). The van der Waals surface area contributed by atoms with Crippen LogP contribution in [0.4, 0.5) is 13.8 Å². The second-order valence-corrected chi connectivity index (χ2v) is 6.79. The number of aliphatic imine (C=N–C) groups is 1. The van der Waals surface area contributed by atoms with Crippen LogP contribution < -0.4 is 10.2 Å². The number of thiophene rings is 1. The van der Waals surface area contributed by atoms with E-state index in [1.807, 2.05) is 0 Å². The lowest BCUT2D eigenvalue weighted by atomic mass is 10.1. The van der Waals surface area contributed by atoms with Gasteiger partial charge < -0.3 is 15.1 Å². The molecule has 0 unspecified atom stereocenters. The molecule has 0 aliphatic carbocycles. The smallest absolute Gasteiger partial charge is 0.193 e. The van der Waals surface area contributed by atoms with Gasteiger partial charge in [0.1, 0.15) is 0 Å². The number of hydrogen-bond donors (Lipinski definition) is 1. The van der Waals surface area contributed by atoms with E-state index < -0.39 is 11.6 Å². The molecule has 1 saturated heterocycles. The van der Waals surface area contributed by atoms with Gasteiger partial charge >= 0.3 is 0 Å². The van der Waals surface area contributed by atoms with Crippen LogP contribution in [0.3, 0.4) is 0 Å². The molecular formula is C18H22F2N4S. The highest BCUT2D eigenvalue weighted by atomic mass is 32.1. The van der Waals surface area contributed by atoms with Crippen LogP contribution in [-0.2, 0) is 6.42 Å². The third kappa shape index (κ3) is 4.28. The molecule has 1 fully saturated rings. The fourth-order valence-corrected chi connectivity index (χ4v) is 3.76. The minimum Gasteiger partial charge on any atom is -0.360 e. The maximum Gasteiger partial charge on any atom is 0.193 e. The van der Waals surface area contributed by atoms with Crippen molar-refractivity contribution in [3.63, 3.8) is 0 Å². The molecule has 1 aliphatic rings. The van der Waals surface area contributed by atoms with Gasteiger partial charge in [-0.1, -0.05) is 12.1 Å². The first kappa shape index (κ1) is 17.7. The number of anilines is 1. The van der Waals surface area contributed by atoms with E-state index in [0.29, 0.717) is 18.5 Å². The van der Waals surface area contributed by atoms with Gasteiger partial charge in [0, 0.05) is 39.8 Å². The molecule has 0 bridgehead atoms. The van der Waals surface area contributed by atoms with Crippen molar-refractivity contribution < 1.29 is 8.78 Å². The Morgan fingerprint density at radius 3 is 2.64 bits per heavy atom. The monoisotopic (exact) mass is 364 g/mol. The predicted molar refractivity (Wildman–Crippen MR) is 99.5 cm³/mol. The summed E-state index contributed by atoms with van der Waals surface area (Å²) in [5.41, 5.74) is 0.380. The molecule has 1 aromatic heterocycles. The quantitative estimate of drug-likeness (QED) is 0.668. The summed E-state index contributed by atoms with van der Waals surface area (Å²) in [6, 6.07) is 8.49. The topological polar surface area (TPSA) is 30.9 Å². The minimum atomic E-state index is -0.799. The summed E-state index contributed by atoms with van der Waals surface area (Å²) in [6.45, 7) is 4.16. The first-order chi connectivity index (χ1) is 12.2. The number of hydrogen-bond acceptors (Lipinski definition) is 3. The van der Waals surface area contributed by atoms with Crippen molar-refractivity contribution in [1.82, 2.24) is 10.2 Å². The molecule has 0 atom stereocenters. The number of halogens is 2. The SMILES string of the molecule is CN=C(NCCc1cccc(F)c1F)N1CCN(c2cccs2)CC1. The number of guanidine groups is 1. The molecule has 0 spiro atoms. The van der Waals surface area contributed by atoms with Crippen molar-refractivity contribution in [3.05, 3.63) is 52.9 Å². The Balaban J connectivity index is 1.49. The number of benzene rings is 1. The van der Waals surface area contributed by atoms with Gasteiger partial charge in [0.2, 0.25) is 0 Å². The Morgan fingerprint density at radius 2 is 1.96 bits per heavy atom. The summed E-state index contributed by atoms with van der Waals surface area (Å²) in [7, 11) is 1.75. The maximum absolute atomic E-state index is 13.7. The van der Waals surface area contributed by atoms with E-state index in [1.165, 1.54) is 11.1 Å². The predicted octanol–water partition coefficient (Wildman–Crippen LogP) is 2.97. The molecule has 134 valence electrons. The zero-order valence-corrected chi connectivity index (χ0v) is 15.0. The summed E-state index contributed by atoms with van der Waals surface area (Å²) in [6.07, 6.45) is 0.414. The van der Waals surface area contributed by atoms with Crippen LogP contribution in [0.5, 0.6) is 0 Å². The van der Waals surface area contributed by atoms with Gasteiger partial charge in [0.05, 0.1) is 5.00 Å². The molecule has 2 heterocycles. The van der Waals surface area contributed by atoms with Gasteiger partial charge in [-0.05, 0) is 35.6 Å². The highest BCUT2D eigenvalue weighted by Gasteiger charge is 2.20. The lowest BCUT2D eigenvalue weighted by molar-refractivity contribution is 0.373. The van der Waals surface area contributed by atoms with Crippen molar-refractivity contribution in [1.29, 1.82) is 0 Å². The number of rotatable bonds is 4. The van der Waals surface area contributed by atoms with Gasteiger partial charge in [-0.25, -0.2) is 8.78 Å². The average Bonchev–Trinajstić information content (AvgIpc) is 3.17. The lowest BCUT2D eigenvalue weighted by Crippen LogP contribution is -2.52. The highest BCUT2D eigenvalue weighted by Crippen LogP contribution is 2.22. The number of nitrogens with zero attached hydrogens (tertiary/aromatic N) is 3. The Morgan fingerprint density at radius 1 is 1.16 bits per heavy atom. The fraction of sp³-hybridized carbons (Fsp3) is 0.389. The van der Waals surface area contributed by atoms with Crippen molar-refractivity contribution in [2.24, 2.45) is 4.99 Å². The van der Waals surface area contributed by atoms with Crippen LogP contribution in [-0.4, -0.2) is 50.6 Å². The van der Waals surface area contributed by atoms with Crippen LogP contribution >= 0.6 is 11.3 Å². The van der Waals surface area contributed by atoms with Crippen LogP contribution in [0.25, 0.3) is 0 Å². The van der Waals surface area contributed by atoms with E-state index in [1.54, 1.807) is 24.5 Å².